The Bertz CT molecular complexity index is 1590. The molecule has 0 aliphatic heterocycles. The van der Waals surface area contributed by atoms with Gasteiger partial charge in [-0.1, -0.05) is 0 Å². The summed E-state index contributed by atoms with van der Waals surface area (Å²) < 4.78 is 4.00. The zero-order valence-corrected chi connectivity index (χ0v) is 18.5. The highest BCUT2D eigenvalue weighted by molar-refractivity contribution is 5.92. The summed E-state index contributed by atoms with van der Waals surface area (Å²) in [4.78, 5) is 21.7. The summed E-state index contributed by atoms with van der Waals surface area (Å²) in [6.07, 6.45) is 11.9. The van der Waals surface area contributed by atoms with E-state index in [1.165, 1.54) is 0 Å². The summed E-state index contributed by atoms with van der Waals surface area (Å²) in [6, 6.07) is 2.07. The van der Waals surface area contributed by atoms with Crippen LogP contribution in [-0.4, -0.2) is 44.3 Å². The second-order valence-electron chi connectivity index (χ2n) is 8.25. The lowest BCUT2D eigenvalue weighted by Gasteiger charge is -2.05. The Morgan fingerprint density at radius 3 is 2.73 bits per heavy atom. The van der Waals surface area contributed by atoms with Crippen LogP contribution in [0, 0.1) is 13.8 Å². The number of aromatic amines is 2. The molecule has 0 spiro atoms. The van der Waals surface area contributed by atoms with Gasteiger partial charge in [0.1, 0.15) is 17.2 Å². The number of aryl methyl sites for hydroxylation is 2. The number of hydrogen-bond donors (Lipinski definition) is 3. The zero-order chi connectivity index (χ0) is 22.7. The second kappa shape index (κ2) is 7.02. The van der Waals surface area contributed by atoms with Crippen LogP contribution in [0.3, 0.4) is 0 Å². The fourth-order valence-corrected chi connectivity index (χ4v) is 4.15. The first-order valence-electron chi connectivity index (χ1n) is 10.6. The Balaban J connectivity index is 1.49. The van der Waals surface area contributed by atoms with Crippen molar-refractivity contribution < 1.29 is 0 Å². The van der Waals surface area contributed by atoms with E-state index < -0.39 is 0 Å². The SMILES string of the molecule is Cc1cn(C2=CC=C(N)Cc3[nH]c(-c4[nH]nc5ncc(-c6cnc(C)n6C)cc45)nc32)cn1. The summed E-state index contributed by atoms with van der Waals surface area (Å²) >= 11 is 0. The maximum absolute atomic E-state index is 6.22. The average Bonchev–Trinajstić information content (AvgIpc) is 3.56. The molecule has 0 bridgehead atoms. The van der Waals surface area contributed by atoms with E-state index in [-0.39, 0.29) is 0 Å². The third kappa shape index (κ3) is 3.06. The van der Waals surface area contributed by atoms with Gasteiger partial charge >= 0.3 is 0 Å². The van der Waals surface area contributed by atoms with Gasteiger partial charge in [0.25, 0.3) is 0 Å². The molecule has 5 heterocycles. The topological polar surface area (TPSA) is 132 Å². The number of aromatic nitrogens is 9. The molecule has 1 aliphatic rings. The molecule has 10 heteroatoms. The van der Waals surface area contributed by atoms with Crippen LogP contribution < -0.4 is 5.73 Å². The summed E-state index contributed by atoms with van der Waals surface area (Å²) in [5.41, 5.74) is 13.9. The van der Waals surface area contributed by atoms with Gasteiger partial charge in [0, 0.05) is 37.1 Å². The molecule has 0 aromatic carbocycles. The van der Waals surface area contributed by atoms with Gasteiger partial charge in [0.2, 0.25) is 0 Å². The summed E-state index contributed by atoms with van der Waals surface area (Å²) in [5.74, 6) is 1.62. The maximum atomic E-state index is 6.22. The van der Waals surface area contributed by atoms with Crippen LogP contribution in [0.25, 0.3) is 39.5 Å². The van der Waals surface area contributed by atoms with Crippen LogP contribution >= 0.6 is 0 Å². The number of fused-ring (bicyclic) bond motifs is 2. The number of nitrogens with two attached hydrogens (primary N) is 1. The van der Waals surface area contributed by atoms with Gasteiger partial charge in [-0.2, -0.15) is 5.10 Å². The average molecular weight is 438 g/mol. The first-order chi connectivity index (χ1) is 16.0. The minimum absolute atomic E-state index is 0.569. The molecule has 0 radical (unpaired) electrons. The number of allylic oxidation sites excluding steroid dienone is 3. The van der Waals surface area contributed by atoms with Crippen molar-refractivity contribution in [2.75, 3.05) is 0 Å². The summed E-state index contributed by atoms with van der Waals surface area (Å²) in [6.45, 7) is 3.93. The van der Waals surface area contributed by atoms with Crippen molar-refractivity contribution in [2.24, 2.45) is 12.8 Å². The van der Waals surface area contributed by atoms with Crippen LogP contribution in [0.15, 0.2) is 48.8 Å². The fourth-order valence-electron chi connectivity index (χ4n) is 4.15. The number of nitrogens with one attached hydrogen (secondary N) is 2. The molecular formula is C23H22N10. The molecule has 5 aromatic rings. The lowest BCUT2D eigenvalue weighted by atomic mass is 10.1. The lowest BCUT2D eigenvalue weighted by molar-refractivity contribution is 0.865. The van der Waals surface area contributed by atoms with E-state index in [2.05, 4.69) is 36.2 Å². The Morgan fingerprint density at radius 1 is 1.09 bits per heavy atom. The Kier molecular flexibility index (Phi) is 4.09. The monoisotopic (exact) mass is 438 g/mol. The van der Waals surface area contributed by atoms with E-state index in [0.29, 0.717) is 17.9 Å². The van der Waals surface area contributed by atoms with Crippen LogP contribution in [0.2, 0.25) is 0 Å². The maximum Gasteiger partial charge on any atom is 0.181 e. The second-order valence-corrected chi connectivity index (χ2v) is 8.25. The predicted octanol–water partition coefficient (Wildman–Crippen LogP) is 2.85. The lowest BCUT2D eigenvalue weighted by Crippen LogP contribution is -2.02. The van der Waals surface area contributed by atoms with E-state index in [4.69, 9.17) is 10.7 Å². The smallest absolute Gasteiger partial charge is 0.181 e. The number of imidazole rings is 3. The Labute approximate surface area is 188 Å². The van der Waals surface area contributed by atoms with Crippen molar-refractivity contribution in [2.45, 2.75) is 20.3 Å². The van der Waals surface area contributed by atoms with Gasteiger partial charge in [-0.3, -0.25) is 5.10 Å². The van der Waals surface area contributed by atoms with Crippen molar-refractivity contribution >= 4 is 16.7 Å². The third-order valence-electron chi connectivity index (χ3n) is 6.01. The molecule has 0 saturated carbocycles. The van der Waals surface area contributed by atoms with Crippen molar-refractivity contribution in [1.29, 1.82) is 0 Å². The molecule has 33 heavy (non-hydrogen) atoms. The van der Waals surface area contributed by atoms with E-state index in [1.54, 1.807) is 6.33 Å². The minimum atomic E-state index is 0.569. The largest absolute Gasteiger partial charge is 0.402 e. The molecule has 0 atom stereocenters. The van der Waals surface area contributed by atoms with Crippen molar-refractivity contribution in [3.8, 4) is 22.8 Å². The molecule has 0 amide bonds. The number of hydrogen-bond acceptors (Lipinski definition) is 6. The van der Waals surface area contributed by atoms with Gasteiger partial charge in [-0.15, -0.1) is 0 Å². The minimum Gasteiger partial charge on any atom is -0.402 e. The van der Waals surface area contributed by atoms with Gasteiger partial charge in [0.15, 0.2) is 11.5 Å². The fraction of sp³-hybridized carbons (Fsp3) is 0.174. The van der Waals surface area contributed by atoms with E-state index >= 15 is 0 Å². The van der Waals surface area contributed by atoms with Crippen LogP contribution in [0.5, 0.6) is 0 Å². The molecule has 0 fully saturated rings. The van der Waals surface area contributed by atoms with E-state index in [9.17, 15) is 0 Å². The highest BCUT2D eigenvalue weighted by Gasteiger charge is 2.22. The Morgan fingerprint density at radius 2 is 1.97 bits per heavy atom. The molecule has 10 nitrogen and oxygen atoms in total. The first-order valence-corrected chi connectivity index (χ1v) is 10.6. The molecule has 0 unspecified atom stereocenters. The zero-order valence-electron chi connectivity index (χ0n) is 18.5. The molecule has 164 valence electrons. The molecule has 5 aromatic heterocycles. The number of pyridine rings is 1. The summed E-state index contributed by atoms with van der Waals surface area (Å²) in [5, 5.41) is 8.38. The van der Waals surface area contributed by atoms with Crippen molar-refractivity contribution in [1.82, 2.24) is 44.3 Å². The number of H-pyrrole nitrogens is 2. The van der Waals surface area contributed by atoms with Gasteiger partial charge in [0.05, 0.1) is 40.7 Å². The van der Waals surface area contributed by atoms with Crippen LogP contribution in [-0.2, 0) is 13.5 Å². The van der Waals surface area contributed by atoms with Crippen LogP contribution in [0.4, 0.5) is 0 Å². The van der Waals surface area contributed by atoms with E-state index in [0.717, 1.165) is 56.6 Å². The molecule has 4 N–H and O–H groups in total. The Hall–Kier alpha value is -4.47. The first kappa shape index (κ1) is 19.2. The number of rotatable bonds is 3. The normalized spacial score (nSPS) is 13.7. The highest BCUT2D eigenvalue weighted by Crippen LogP contribution is 2.31. The van der Waals surface area contributed by atoms with Gasteiger partial charge in [-0.05, 0) is 32.1 Å². The molecule has 1 aliphatic carbocycles. The summed E-state index contributed by atoms with van der Waals surface area (Å²) in [7, 11) is 1.99. The van der Waals surface area contributed by atoms with Gasteiger partial charge in [-0.25, -0.2) is 19.9 Å². The number of nitrogens with zero attached hydrogens (tertiary/aromatic N) is 7. The van der Waals surface area contributed by atoms with E-state index in [1.807, 2.05) is 60.8 Å². The molecular weight excluding hydrogens is 416 g/mol. The quantitative estimate of drug-likeness (QED) is 0.397. The van der Waals surface area contributed by atoms with Crippen LogP contribution in [0.1, 0.15) is 22.9 Å². The van der Waals surface area contributed by atoms with Crippen molar-refractivity contribution in [3.63, 3.8) is 0 Å². The highest BCUT2D eigenvalue weighted by atomic mass is 15.2. The molecule has 0 saturated heterocycles. The van der Waals surface area contributed by atoms with Gasteiger partial charge < -0.3 is 19.9 Å². The van der Waals surface area contributed by atoms with Crippen molar-refractivity contribution in [3.05, 3.63) is 71.7 Å². The third-order valence-corrected chi connectivity index (χ3v) is 6.01. The standard InChI is InChI=1S/C23H22N10/c1-12-10-33(11-27-12)18-5-4-15(24)7-17-21(18)29-23(28-17)20-16-6-14(8-26-22(16)31-30-20)19-9-25-13(2)32(19)3/h4-6,8-11H,7,24H2,1-3H3,(H,28,29)(H,26,30,31). The predicted molar refractivity (Wildman–Crippen MR) is 125 cm³/mol. The molecule has 6 rings (SSSR count).